The van der Waals surface area contributed by atoms with Gasteiger partial charge in [-0.3, -0.25) is 4.90 Å². The van der Waals surface area contributed by atoms with Gasteiger partial charge < -0.3 is 15.5 Å². The summed E-state index contributed by atoms with van der Waals surface area (Å²) in [6.45, 7) is 4.70. The fourth-order valence-corrected chi connectivity index (χ4v) is 3.88. The number of likely N-dealkylation sites (N-methyl/N-ethyl adjacent to an activating group) is 1. The van der Waals surface area contributed by atoms with Gasteiger partial charge in [-0.15, -0.1) is 0 Å². The van der Waals surface area contributed by atoms with E-state index < -0.39 is 0 Å². The lowest BCUT2D eigenvalue weighted by atomic mass is 10.1. The first-order chi connectivity index (χ1) is 12.1. The summed E-state index contributed by atoms with van der Waals surface area (Å²) in [7, 11) is 2.15. The Morgan fingerprint density at radius 3 is 2.76 bits per heavy atom. The Labute approximate surface area is 157 Å². The van der Waals surface area contributed by atoms with Crippen molar-refractivity contribution in [2.24, 2.45) is 0 Å². The Hall–Kier alpha value is -1.60. The van der Waals surface area contributed by atoms with Crippen LogP contribution < -0.4 is 10.6 Å². The third kappa shape index (κ3) is 5.19. The van der Waals surface area contributed by atoms with Gasteiger partial charge in [-0.2, -0.15) is 11.3 Å². The minimum atomic E-state index is -0.211. The van der Waals surface area contributed by atoms with Crippen LogP contribution in [-0.4, -0.2) is 55.6 Å². The van der Waals surface area contributed by atoms with Crippen LogP contribution in [0.2, 0.25) is 5.02 Å². The number of hydrogen-bond donors (Lipinski definition) is 2. The molecular weight excluding hydrogens is 356 g/mol. The topological polar surface area (TPSA) is 47.6 Å². The first-order valence-electron chi connectivity index (χ1n) is 8.37. The molecule has 0 saturated carbocycles. The van der Waals surface area contributed by atoms with Gasteiger partial charge in [0.25, 0.3) is 0 Å². The molecule has 25 heavy (non-hydrogen) atoms. The van der Waals surface area contributed by atoms with Crippen LogP contribution in [0.4, 0.5) is 10.5 Å². The van der Waals surface area contributed by atoms with Gasteiger partial charge in [0.1, 0.15) is 0 Å². The van der Waals surface area contributed by atoms with E-state index in [1.54, 1.807) is 23.5 Å². The molecule has 1 atom stereocenters. The summed E-state index contributed by atoms with van der Waals surface area (Å²) in [5.74, 6) is 0. The smallest absolute Gasteiger partial charge is 0.319 e. The maximum Gasteiger partial charge on any atom is 0.319 e. The minimum absolute atomic E-state index is 0.199. The van der Waals surface area contributed by atoms with Crippen molar-refractivity contribution in [2.75, 3.05) is 45.1 Å². The first-order valence-corrected chi connectivity index (χ1v) is 9.69. The van der Waals surface area contributed by atoms with Crippen molar-refractivity contribution in [3.63, 3.8) is 0 Å². The maximum atomic E-state index is 12.2. The number of carbonyl (C=O) groups is 1. The zero-order chi connectivity index (χ0) is 17.6. The molecule has 2 N–H and O–H groups in total. The molecular formula is C18H23ClN4OS. The number of benzene rings is 1. The number of thiophene rings is 1. The van der Waals surface area contributed by atoms with Crippen LogP contribution in [0.3, 0.4) is 0 Å². The molecule has 1 fully saturated rings. The summed E-state index contributed by atoms with van der Waals surface area (Å²) in [4.78, 5) is 17.0. The van der Waals surface area contributed by atoms with Crippen LogP contribution in [0.25, 0.3) is 0 Å². The Bertz CT molecular complexity index is 686. The summed E-state index contributed by atoms with van der Waals surface area (Å²) < 4.78 is 0. The van der Waals surface area contributed by atoms with Gasteiger partial charge in [0.2, 0.25) is 0 Å². The number of piperazine rings is 1. The number of nitrogens with one attached hydrogen (secondary N) is 2. The number of anilines is 1. The maximum absolute atomic E-state index is 12.2. The van der Waals surface area contributed by atoms with Crippen molar-refractivity contribution in [1.82, 2.24) is 15.1 Å². The zero-order valence-corrected chi connectivity index (χ0v) is 15.8. The molecule has 2 heterocycles. The van der Waals surface area contributed by atoms with Crippen molar-refractivity contribution < 1.29 is 4.79 Å². The Balaban J connectivity index is 1.59. The zero-order valence-electron chi connectivity index (χ0n) is 14.2. The molecule has 2 aromatic rings. The van der Waals surface area contributed by atoms with E-state index in [1.165, 1.54) is 5.56 Å². The Kier molecular flexibility index (Phi) is 6.31. The number of amides is 2. The van der Waals surface area contributed by atoms with Crippen LogP contribution >= 0.6 is 22.9 Å². The number of halogens is 1. The van der Waals surface area contributed by atoms with Crippen molar-refractivity contribution in [1.29, 1.82) is 0 Å². The number of urea groups is 1. The highest BCUT2D eigenvalue weighted by Crippen LogP contribution is 2.23. The van der Waals surface area contributed by atoms with Gasteiger partial charge in [0.15, 0.2) is 0 Å². The standard InChI is InChI=1S/C18H23ClN4OS/c1-22-6-8-23(9-7-22)17(14-5-10-25-13-14)12-20-18(24)21-16-4-2-3-15(19)11-16/h2-5,10-11,13,17H,6-9,12H2,1H3,(H2,20,21,24)/t17-/m0/s1. The van der Waals surface area contributed by atoms with Gasteiger partial charge >= 0.3 is 6.03 Å². The summed E-state index contributed by atoms with van der Waals surface area (Å²) in [6, 6.07) is 9.28. The highest BCUT2D eigenvalue weighted by molar-refractivity contribution is 7.07. The fourth-order valence-electron chi connectivity index (χ4n) is 2.99. The second kappa shape index (κ2) is 8.67. The average Bonchev–Trinajstić information content (AvgIpc) is 3.11. The van der Waals surface area contributed by atoms with Crippen molar-refractivity contribution in [3.8, 4) is 0 Å². The van der Waals surface area contributed by atoms with E-state index in [4.69, 9.17) is 11.6 Å². The minimum Gasteiger partial charge on any atom is -0.336 e. The fraction of sp³-hybridized carbons (Fsp3) is 0.389. The van der Waals surface area contributed by atoms with E-state index in [9.17, 15) is 4.79 Å². The molecule has 0 unspecified atom stereocenters. The van der Waals surface area contributed by atoms with E-state index in [-0.39, 0.29) is 12.1 Å². The van der Waals surface area contributed by atoms with Crippen molar-refractivity contribution >= 4 is 34.7 Å². The molecule has 1 aromatic carbocycles. The van der Waals surface area contributed by atoms with E-state index in [1.807, 2.05) is 12.1 Å². The predicted octanol–water partition coefficient (Wildman–Crippen LogP) is 3.51. The van der Waals surface area contributed by atoms with Crippen LogP contribution in [0, 0.1) is 0 Å². The largest absolute Gasteiger partial charge is 0.336 e. The van der Waals surface area contributed by atoms with Gasteiger partial charge in [0, 0.05) is 43.4 Å². The molecule has 1 aliphatic rings. The average molecular weight is 379 g/mol. The molecule has 5 nitrogen and oxygen atoms in total. The first kappa shape index (κ1) is 18.2. The van der Waals surface area contributed by atoms with E-state index in [0.717, 1.165) is 26.2 Å². The van der Waals surface area contributed by atoms with Gasteiger partial charge in [-0.25, -0.2) is 4.79 Å². The molecule has 0 bridgehead atoms. The molecule has 7 heteroatoms. The second-order valence-corrected chi connectivity index (χ2v) is 7.47. The normalized spacial score (nSPS) is 17.2. The van der Waals surface area contributed by atoms with Crippen LogP contribution in [0.1, 0.15) is 11.6 Å². The Morgan fingerprint density at radius 2 is 2.08 bits per heavy atom. The molecule has 134 valence electrons. The highest BCUT2D eigenvalue weighted by Gasteiger charge is 2.24. The van der Waals surface area contributed by atoms with Crippen LogP contribution in [0.15, 0.2) is 41.1 Å². The number of hydrogen-bond acceptors (Lipinski definition) is 4. The van der Waals surface area contributed by atoms with Crippen molar-refractivity contribution in [3.05, 3.63) is 51.7 Å². The third-order valence-corrected chi connectivity index (χ3v) is 5.38. The van der Waals surface area contributed by atoms with Gasteiger partial charge in [-0.1, -0.05) is 17.7 Å². The van der Waals surface area contributed by atoms with Crippen LogP contribution in [-0.2, 0) is 0 Å². The molecule has 3 rings (SSSR count). The van der Waals surface area contributed by atoms with Gasteiger partial charge in [-0.05, 0) is 47.6 Å². The predicted molar refractivity (Wildman–Crippen MR) is 105 cm³/mol. The highest BCUT2D eigenvalue weighted by atomic mass is 35.5. The summed E-state index contributed by atoms with van der Waals surface area (Å²) >= 11 is 7.65. The van der Waals surface area contributed by atoms with Crippen LogP contribution in [0.5, 0.6) is 0 Å². The van der Waals surface area contributed by atoms with E-state index >= 15 is 0 Å². The Morgan fingerprint density at radius 1 is 1.28 bits per heavy atom. The third-order valence-electron chi connectivity index (χ3n) is 4.45. The quantitative estimate of drug-likeness (QED) is 0.836. The molecule has 0 radical (unpaired) electrons. The van der Waals surface area contributed by atoms with E-state index in [0.29, 0.717) is 17.3 Å². The lowest BCUT2D eigenvalue weighted by Crippen LogP contribution is -2.48. The lowest BCUT2D eigenvalue weighted by molar-refractivity contribution is 0.111. The molecule has 0 spiro atoms. The second-order valence-electron chi connectivity index (χ2n) is 6.26. The monoisotopic (exact) mass is 378 g/mol. The summed E-state index contributed by atoms with van der Waals surface area (Å²) in [5, 5.41) is 10.7. The summed E-state index contributed by atoms with van der Waals surface area (Å²) in [6.07, 6.45) is 0. The SMILES string of the molecule is CN1CCN([C@@H](CNC(=O)Nc2cccc(Cl)c2)c2ccsc2)CC1. The number of nitrogens with zero attached hydrogens (tertiary/aromatic N) is 2. The van der Waals surface area contributed by atoms with Crippen molar-refractivity contribution in [2.45, 2.75) is 6.04 Å². The molecule has 1 aliphatic heterocycles. The number of rotatable bonds is 5. The lowest BCUT2D eigenvalue weighted by Gasteiger charge is -2.37. The summed E-state index contributed by atoms with van der Waals surface area (Å²) in [5.41, 5.74) is 1.95. The molecule has 2 amide bonds. The number of carbonyl (C=O) groups excluding carboxylic acids is 1. The molecule has 1 aromatic heterocycles. The molecule has 0 aliphatic carbocycles. The van der Waals surface area contributed by atoms with Gasteiger partial charge in [0.05, 0.1) is 6.04 Å². The van der Waals surface area contributed by atoms with E-state index in [2.05, 4.69) is 44.3 Å². The molecule has 1 saturated heterocycles.